The number of nitrogens with one attached hydrogen (secondary N) is 2. The second-order valence-electron chi connectivity index (χ2n) is 5.27. The third kappa shape index (κ3) is 4.66. The average Bonchev–Trinajstić information content (AvgIpc) is 2.91. The molecule has 6 heteroatoms. The van der Waals surface area contributed by atoms with Crippen LogP contribution in [0.4, 0.5) is 10.5 Å². The van der Waals surface area contributed by atoms with Gasteiger partial charge in [0, 0.05) is 11.8 Å². The number of benzene rings is 1. The highest BCUT2D eigenvalue weighted by atomic mass is 16.5. The van der Waals surface area contributed by atoms with Crippen LogP contribution in [0.25, 0.3) is 0 Å². The number of carbonyl (C=O) groups excluding carboxylic acids is 2. The van der Waals surface area contributed by atoms with E-state index in [1.165, 1.54) is 12.8 Å². The Hall–Kier alpha value is -2.24. The first-order valence-corrected chi connectivity index (χ1v) is 7.18. The zero-order valence-corrected chi connectivity index (χ0v) is 12.1. The Kier molecular flexibility index (Phi) is 5.03. The number of hydrogen-bond acceptors (Lipinski definition) is 3. The van der Waals surface area contributed by atoms with Gasteiger partial charge in [-0.15, -0.1) is 0 Å². The molecule has 4 N–H and O–H groups in total. The molecule has 21 heavy (non-hydrogen) atoms. The molecule has 1 aromatic carbocycles. The number of ether oxygens (including phenoxy) is 1. The van der Waals surface area contributed by atoms with Crippen LogP contribution >= 0.6 is 0 Å². The second kappa shape index (κ2) is 6.97. The van der Waals surface area contributed by atoms with Gasteiger partial charge in [-0.1, -0.05) is 6.07 Å². The lowest BCUT2D eigenvalue weighted by atomic mass is 10.2. The summed E-state index contributed by atoms with van der Waals surface area (Å²) in [5.41, 5.74) is 5.62. The van der Waals surface area contributed by atoms with Crippen LogP contribution in [0.5, 0.6) is 5.75 Å². The molecular formula is C15H21N3O3. The van der Waals surface area contributed by atoms with Gasteiger partial charge in [0.25, 0.3) is 0 Å². The summed E-state index contributed by atoms with van der Waals surface area (Å²) < 4.78 is 5.88. The first kappa shape index (κ1) is 15.2. The normalized spacial score (nSPS) is 16.2. The van der Waals surface area contributed by atoms with Crippen LogP contribution in [0.1, 0.15) is 32.6 Å². The van der Waals surface area contributed by atoms with Gasteiger partial charge in [-0.2, -0.15) is 0 Å². The second-order valence-corrected chi connectivity index (χ2v) is 5.27. The lowest BCUT2D eigenvalue weighted by Crippen LogP contribution is -2.44. The first-order valence-electron chi connectivity index (χ1n) is 7.18. The molecule has 3 amide bonds. The van der Waals surface area contributed by atoms with E-state index >= 15 is 0 Å². The molecule has 0 radical (unpaired) electrons. The first-order chi connectivity index (χ1) is 10.0. The maximum Gasteiger partial charge on any atom is 0.312 e. The van der Waals surface area contributed by atoms with Gasteiger partial charge >= 0.3 is 6.03 Å². The van der Waals surface area contributed by atoms with Crippen LogP contribution in [0.2, 0.25) is 0 Å². The molecule has 2 rings (SSSR count). The minimum Gasteiger partial charge on any atom is -0.490 e. The zero-order chi connectivity index (χ0) is 15.2. The van der Waals surface area contributed by atoms with E-state index in [1.54, 1.807) is 19.1 Å². The summed E-state index contributed by atoms with van der Waals surface area (Å²) in [6.07, 6.45) is 4.84. The molecule has 0 spiro atoms. The van der Waals surface area contributed by atoms with Gasteiger partial charge in [-0.05, 0) is 44.7 Å². The Labute approximate surface area is 124 Å². The van der Waals surface area contributed by atoms with Crippen LogP contribution in [-0.4, -0.2) is 24.1 Å². The van der Waals surface area contributed by atoms with Crippen LogP contribution in [-0.2, 0) is 4.79 Å². The summed E-state index contributed by atoms with van der Waals surface area (Å²) in [5.74, 6) is 0.419. The molecule has 0 saturated heterocycles. The van der Waals surface area contributed by atoms with Crippen molar-refractivity contribution in [1.82, 2.24) is 5.32 Å². The monoisotopic (exact) mass is 291 g/mol. The smallest absolute Gasteiger partial charge is 0.312 e. The van der Waals surface area contributed by atoms with E-state index < -0.39 is 12.1 Å². The fourth-order valence-corrected chi connectivity index (χ4v) is 2.38. The fourth-order valence-electron chi connectivity index (χ4n) is 2.38. The highest BCUT2D eigenvalue weighted by Gasteiger charge is 2.17. The predicted octanol–water partition coefficient (Wildman–Crippen LogP) is 2.00. The van der Waals surface area contributed by atoms with Crippen molar-refractivity contribution < 1.29 is 14.3 Å². The van der Waals surface area contributed by atoms with E-state index in [-0.39, 0.29) is 12.0 Å². The predicted molar refractivity (Wildman–Crippen MR) is 80.1 cm³/mol. The van der Waals surface area contributed by atoms with Gasteiger partial charge in [-0.25, -0.2) is 4.79 Å². The molecular weight excluding hydrogens is 270 g/mol. The third-order valence-electron chi connectivity index (χ3n) is 3.46. The molecule has 1 aliphatic carbocycles. The molecule has 6 nitrogen and oxygen atoms in total. The summed E-state index contributed by atoms with van der Waals surface area (Å²) in [4.78, 5) is 22.6. The Morgan fingerprint density at radius 1 is 1.33 bits per heavy atom. The summed E-state index contributed by atoms with van der Waals surface area (Å²) in [6, 6.07) is 5.84. The van der Waals surface area contributed by atoms with Gasteiger partial charge in [0.2, 0.25) is 5.91 Å². The fraction of sp³-hybridized carbons (Fsp3) is 0.467. The number of amides is 3. The number of hydrogen-bond donors (Lipinski definition) is 3. The standard InChI is InChI=1S/C15H21N3O3/c1-10(17-15(16)20)14(19)18-11-5-4-8-13(9-11)21-12-6-2-3-7-12/h4-5,8-10,12H,2-3,6-7H2,1H3,(H,18,19)(H3,16,17,20)/t10-/m0/s1. The van der Waals surface area contributed by atoms with E-state index in [0.717, 1.165) is 18.6 Å². The molecule has 0 unspecified atom stereocenters. The van der Waals surface area contributed by atoms with Crippen LogP contribution in [0.15, 0.2) is 24.3 Å². The Morgan fingerprint density at radius 2 is 2.05 bits per heavy atom. The van der Waals surface area contributed by atoms with Gasteiger partial charge in [0.15, 0.2) is 0 Å². The van der Waals surface area contributed by atoms with Crippen molar-refractivity contribution in [1.29, 1.82) is 0 Å². The SMILES string of the molecule is C[C@H](NC(N)=O)C(=O)Nc1cccc(OC2CCCC2)c1. The number of primary amides is 1. The lowest BCUT2D eigenvalue weighted by Gasteiger charge is -2.15. The van der Waals surface area contributed by atoms with E-state index in [0.29, 0.717) is 5.69 Å². The average molecular weight is 291 g/mol. The largest absolute Gasteiger partial charge is 0.490 e. The minimum absolute atomic E-state index is 0.270. The highest BCUT2D eigenvalue weighted by Crippen LogP contribution is 2.25. The quantitative estimate of drug-likeness (QED) is 0.774. The van der Waals surface area contributed by atoms with Crippen molar-refractivity contribution in [2.24, 2.45) is 5.73 Å². The van der Waals surface area contributed by atoms with Crippen molar-refractivity contribution in [3.8, 4) is 5.75 Å². The summed E-state index contributed by atoms with van der Waals surface area (Å²) >= 11 is 0. The molecule has 1 saturated carbocycles. The van der Waals surface area contributed by atoms with Gasteiger partial charge in [0.05, 0.1) is 6.10 Å². The van der Waals surface area contributed by atoms with Gasteiger partial charge in [0.1, 0.15) is 11.8 Å². The van der Waals surface area contributed by atoms with E-state index in [4.69, 9.17) is 10.5 Å². The van der Waals surface area contributed by atoms with Crippen molar-refractivity contribution >= 4 is 17.6 Å². The third-order valence-corrected chi connectivity index (χ3v) is 3.46. The Balaban J connectivity index is 1.93. The molecule has 0 aliphatic heterocycles. The lowest BCUT2D eigenvalue weighted by molar-refractivity contribution is -0.117. The topological polar surface area (TPSA) is 93.5 Å². The molecule has 1 aromatic rings. The van der Waals surface area contributed by atoms with Crippen molar-refractivity contribution in [3.63, 3.8) is 0 Å². The van der Waals surface area contributed by atoms with Crippen molar-refractivity contribution in [2.45, 2.75) is 44.8 Å². The maximum absolute atomic E-state index is 11.9. The molecule has 0 aromatic heterocycles. The van der Waals surface area contributed by atoms with Crippen molar-refractivity contribution in [2.75, 3.05) is 5.32 Å². The zero-order valence-electron chi connectivity index (χ0n) is 12.1. The van der Waals surface area contributed by atoms with Gasteiger partial charge < -0.3 is 21.1 Å². The Morgan fingerprint density at radius 3 is 2.71 bits per heavy atom. The molecule has 1 fully saturated rings. The molecule has 1 atom stereocenters. The number of urea groups is 1. The summed E-state index contributed by atoms with van der Waals surface area (Å²) in [7, 11) is 0. The number of carbonyl (C=O) groups is 2. The van der Waals surface area contributed by atoms with E-state index in [9.17, 15) is 9.59 Å². The van der Waals surface area contributed by atoms with Crippen LogP contribution in [0.3, 0.4) is 0 Å². The molecule has 114 valence electrons. The van der Waals surface area contributed by atoms with Gasteiger partial charge in [-0.3, -0.25) is 4.79 Å². The van der Waals surface area contributed by atoms with Crippen molar-refractivity contribution in [3.05, 3.63) is 24.3 Å². The summed E-state index contributed by atoms with van der Waals surface area (Å²) in [6.45, 7) is 1.57. The number of nitrogens with two attached hydrogens (primary N) is 1. The van der Waals surface area contributed by atoms with Crippen LogP contribution in [0, 0.1) is 0 Å². The molecule has 0 heterocycles. The maximum atomic E-state index is 11.9. The van der Waals surface area contributed by atoms with E-state index in [1.807, 2.05) is 12.1 Å². The molecule has 1 aliphatic rings. The Bertz CT molecular complexity index is 513. The number of anilines is 1. The van der Waals surface area contributed by atoms with Crippen LogP contribution < -0.4 is 21.1 Å². The summed E-state index contributed by atoms with van der Waals surface area (Å²) in [5, 5.41) is 5.05. The molecule has 0 bridgehead atoms. The minimum atomic E-state index is -0.726. The number of rotatable bonds is 5. The highest BCUT2D eigenvalue weighted by molar-refractivity contribution is 5.96. The van der Waals surface area contributed by atoms with E-state index in [2.05, 4.69) is 10.6 Å².